The minimum absolute atomic E-state index is 0.0947. The Labute approximate surface area is 203 Å². The van der Waals surface area contributed by atoms with Crippen molar-refractivity contribution in [2.24, 2.45) is 5.92 Å². The molecule has 34 heavy (non-hydrogen) atoms. The molecular weight excluding hydrogens is 447 g/mol. The fourth-order valence-electron chi connectivity index (χ4n) is 3.96. The summed E-state index contributed by atoms with van der Waals surface area (Å²) in [6.07, 6.45) is 5.20. The van der Waals surface area contributed by atoms with Crippen molar-refractivity contribution in [3.8, 4) is 11.3 Å². The van der Waals surface area contributed by atoms with E-state index in [9.17, 15) is 4.57 Å². The zero-order valence-electron chi connectivity index (χ0n) is 20.2. The molecule has 3 aromatic rings. The van der Waals surface area contributed by atoms with Gasteiger partial charge < -0.3 is 24.8 Å². The molecular formula is C27H37N2O4P. The summed E-state index contributed by atoms with van der Waals surface area (Å²) in [7, 11) is -3.93. The van der Waals surface area contributed by atoms with Crippen molar-refractivity contribution < 1.29 is 18.8 Å². The van der Waals surface area contributed by atoms with Crippen LogP contribution in [0.3, 0.4) is 0 Å². The first-order valence-corrected chi connectivity index (χ1v) is 13.8. The summed E-state index contributed by atoms with van der Waals surface area (Å²) >= 11 is 0. The summed E-state index contributed by atoms with van der Waals surface area (Å²) in [5.41, 5.74) is 5.90. The number of anilines is 1. The monoisotopic (exact) mass is 484 g/mol. The fraction of sp³-hybridized carbons (Fsp3) is 0.407. The molecule has 0 atom stereocenters. The third-order valence-electron chi connectivity index (χ3n) is 5.63. The van der Waals surface area contributed by atoms with E-state index in [2.05, 4.69) is 66.9 Å². The van der Waals surface area contributed by atoms with Gasteiger partial charge in [-0.1, -0.05) is 44.2 Å². The molecule has 0 bridgehead atoms. The molecule has 0 spiro atoms. The van der Waals surface area contributed by atoms with E-state index >= 15 is 0 Å². The maximum absolute atomic E-state index is 11.0. The second-order valence-electron chi connectivity index (χ2n) is 9.22. The first-order valence-electron chi connectivity index (χ1n) is 12.0. The summed E-state index contributed by atoms with van der Waals surface area (Å²) in [5.74, 6) is 1.49. The average molecular weight is 485 g/mol. The highest BCUT2D eigenvalue weighted by molar-refractivity contribution is 7.51. The van der Waals surface area contributed by atoms with E-state index < -0.39 is 7.60 Å². The first-order chi connectivity index (χ1) is 16.3. The molecule has 0 fully saturated rings. The predicted octanol–water partition coefficient (Wildman–Crippen LogP) is 5.85. The van der Waals surface area contributed by atoms with E-state index in [-0.39, 0.29) is 6.16 Å². The van der Waals surface area contributed by atoms with Gasteiger partial charge in [-0.3, -0.25) is 4.57 Å². The van der Waals surface area contributed by atoms with Crippen LogP contribution in [0.2, 0.25) is 0 Å². The highest BCUT2D eigenvalue weighted by Gasteiger charge is 2.12. The number of hydrogen-bond donors (Lipinski definition) is 4. The molecule has 184 valence electrons. The summed E-state index contributed by atoms with van der Waals surface area (Å²) in [6.45, 7) is 6.54. The number of nitrogens with one attached hydrogen (secondary N) is 2. The summed E-state index contributed by atoms with van der Waals surface area (Å²) in [5, 5.41) is 6.82. The van der Waals surface area contributed by atoms with Crippen molar-refractivity contribution in [1.29, 1.82) is 0 Å². The number of furan rings is 1. The van der Waals surface area contributed by atoms with Crippen LogP contribution in [-0.2, 0) is 24.0 Å². The lowest BCUT2D eigenvalue weighted by molar-refractivity contribution is 0.371. The summed E-state index contributed by atoms with van der Waals surface area (Å²) < 4.78 is 16.6. The maximum Gasteiger partial charge on any atom is 0.325 e. The Bertz CT molecular complexity index is 1040. The largest absolute Gasteiger partial charge is 0.464 e. The molecule has 0 saturated carbocycles. The van der Waals surface area contributed by atoms with Gasteiger partial charge >= 0.3 is 7.60 Å². The number of hydrogen-bond acceptors (Lipinski definition) is 4. The lowest BCUT2D eigenvalue weighted by atomic mass is 10.0. The van der Waals surface area contributed by atoms with Gasteiger partial charge in [0.05, 0.1) is 12.4 Å². The topological polar surface area (TPSA) is 94.7 Å². The van der Waals surface area contributed by atoms with Crippen LogP contribution in [0.25, 0.3) is 11.3 Å². The van der Waals surface area contributed by atoms with Gasteiger partial charge in [0.15, 0.2) is 0 Å². The third kappa shape index (κ3) is 9.11. The van der Waals surface area contributed by atoms with Gasteiger partial charge in [0.25, 0.3) is 0 Å². The average Bonchev–Trinajstić information content (AvgIpc) is 3.32. The van der Waals surface area contributed by atoms with Crippen LogP contribution < -0.4 is 10.6 Å². The predicted molar refractivity (Wildman–Crippen MR) is 139 cm³/mol. The lowest BCUT2D eigenvalue weighted by Gasteiger charge is -2.13. The van der Waals surface area contributed by atoms with Crippen LogP contribution in [0.1, 0.15) is 43.4 Å². The molecule has 0 saturated heterocycles. The van der Waals surface area contributed by atoms with Crippen LogP contribution >= 0.6 is 7.60 Å². The Morgan fingerprint density at radius 2 is 1.68 bits per heavy atom. The molecule has 0 aliphatic rings. The van der Waals surface area contributed by atoms with Gasteiger partial charge in [0.2, 0.25) is 0 Å². The van der Waals surface area contributed by atoms with Crippen molar-refractivity contribution in [2.75, 3.05) is 24.6 Å². The standard InChI is InChI=1S/C27H37N2O4P/c1-21(2)18-23-10-8-22(9-11-23)6-3-15-29-26-13-12-24(19-25(26)27-7-4-16-33-27)20-28-14-5-17-34(30,31)32/h4,7-13,16,19,21,28-29H,3,5-6,14-15,17-18,20H2,1-2H3,(H2,30,31,32). The lowest BCUT2D eigenvalue weighted by Crippen LogP contribution is -2.16. The van der Waals surface area contributed by atoms with E-state index in [0.717, 1.165) is 48.4 Å². The second kappa shape index (κ2) is 12.9. The zero-order chi connectivity index (χ0) is 24.4. The summed E-state index contributed by atoms with van der Waals surface area (Å²) in [6, 6.07) is 19.1. The Kier molecular flexibility index (Phi) is 9.97. The van der Waals surface area contributed by atoms with Gasteiger partial charge in [0.1, 0.15) is 5.76 Å². The SMILES string of the molecule is CC(C)Cc1ccc(CCCNc2ccc(CNCCCP(=O)(O)O)cc2-c2ccco2)cc1. The normalized spacial score (nSPS) is 11.8. The van der Waals surface area contributed by atoms with E-state index in [1.54, 1.807) is 6.26 Å². The van der Waals surface area contributed by atoms with Gasteiger partial charge in [-0.2, -0.15) is 0 Å². The minimum atomic E-state index is -3.93. The number of benzene rings is 2. The molecule has 4 N–H and O–H groups in total. The van der Waals surface area contributed by atoms with Gasteiger partial charge in [-0.05, 0) is 79.1 Å². The van der Waals surface area contributed by atoms with Gasteiger partial charge in [-0.15, -0.1) is 0 Å². The molecule has 0 aliphatic carbocycles. The Balaban J connectivity index is 1.52. The van der Waals surface area contributed by atoms with Crippen LogP contribution in [0.5, 0.6) is 0 Å². The molecule has 2 aromatic carbocycles. The number of rotatable bonds is 14. The van der Waals surface area contributed by atoms with Gasteiger partial charge in [0, 0.05) is 24.3 Å². The molecule has 0 amide bonds. The molecule has 6 nitrogen and oxygen atoms in total. The second-order valence-corrected chi connectivity index (χ2v) is 11.0. The molecule has 3 rings (SSSR count). The smallest absolute Gasteiger partial charge is 0.325 e. The van der Waals surface area contributed by atoms with Crippen LogP contribution in [-0.4, -0.2) is 29.0 Å². The number of aryl methyl sites for hydroxylation is 1. The van der Waals surface area contributed by atoms with E-state index in [0.29, 0.717) is 25.4 Å². The van der Waals surface area contributed by atoms with Crippen molar-refractivity contribution in [2.45, 2.75) is 46.1 Å². The van der Waals surface area contributed by atoms with Crippen molar-refractivity contribution in [3.63, 3.8) is 0 Å². The highest BCUT2D eigenvalue weighted by atomic mass is 31.2. The quantitative estimate of drug-likeness (QED) is 0.169. The fourth-order valence-corrected chi connectivity index (χ4v) is 4.53. The van der Waals surface area contributed by atoms with Crippen LogP contribution in [0.15, 0.2) is 65.3 Å². The first kappa shape index (κ1) is 26.2. The van der Waals surface area contributed by atoms with E-state index in [1.165, 1.54) is 11.1 Å². The summed E-state index contributed by atoms with van der Waals surface area (Å²) in [4.78, 5) is 17.9. The molecule has 1 heterocycles. The van der Waals surface area contributed by atoms with Crippen molar-refractivity contribution in [1.82, 2.24) is 5.32 Å². The van der Waals surface area contributed by atoms with Crippen LogP contribution in [0.4, 0.5) is 5.69 Å². The third-order valence-corrected chi connectivity index (χ3v) is 6.53. The van der Waals surface area contributed by atoms with Crippen LogP contribution in [0, 0.1) is 5.92 Å². The molecule has 0 aliphatic heterocycles. The molecule has 1 aromatic heterocycles. The van der Waals surface area contributed by atoms with E-state index in [4.69, 9.17) is 14.2 Å². The maximum atomic E-state index is 11.0. The molecule has 7 heteroatoms. The van der Waals surface area contributed by atoms with Crippen molar-refractivity contribution in [3.05, 3.63) is 77.6 Å². The molecule has 0 unspecified atom stereocenters. The van der Waals surface area contributed by atoms with Crippen molar-refractivity contribution >= 4 is 13.3 Å². The Morgan fingerprint density at radius 1 is 0.941 bits per heavy atom. The Hall–Kier alpha value is -2.37. The highest BCUT2D eigenvalue weighted by Crippen LogP contribution is 2.34. The zero-order valence-corrected chi connectivity index (χ0v) is 21.1. The Morgan fingerprint density at radius 3 is 2.35 bits per heavy atom. The minimum Gasteiger partial charge on any atom is -0.464 e. The van der Waals surface area contributed by atoms with E-state index in [1.807, 2.05) is 12.1 Å². The van der Waals surface area contributed by atoms with Gasteiger partial charge in [-0.25, -0.2) is 0 Å². The molecule has 0 radical (unpaired) electrons.